The van der Waals surface area contributed by atoms with Gasteiger partial charge in [-0.15, -0.1) is 22.7 Å². The van der Waals surface area contributed by atoms with E-state index in [0.717, 1.165) is 27.7 Å². The highest BCUT2D eigenvalue weighted by Crippen LogP contribution is 2.31. The molecule has 0 radical (unpaired) electrons. The van der Waals surface area contributed by atoms with Gasteiger partial charge in [-0.05, 0) is 29.8 Å². The fraction of sp³-hybridized carbons (Fsp3) is 0.353. The average molecular weight is 376 g/mol. The van der Waals surface area contributed by atoms with E-state index in [1.807, 2.05) is 11.4 Å². The summed E-state index contributed by atoms with van der Waals surface area (Å²) in [5.41, 5.74) is 1.27. The van der Waals surface area contributed by atoms with Crippen molar-refractivity contribution in [1.82, 2.24) is 9.80 Å². The van der Waals surface area contributed by atoms with Crippen molar-refractivity contribution in [2.24, 2.45) is 0 Å². The van der Waals surface area contributed by atoms with Gasteiger partial charge in [0.25, 0.3) is 0 Å². The second-order valence-corrected chi connectivity index (χ2v) is 8.11. The van der Waals surface area contributed by atoms with Gasteiger partial charge in [0, 0.05) is 23.4 Å². The number of carbonyl (C=O) groups is 3. The van der Waals surface area contributed by atoms with Gasteiger partial charge in [-0.25, -0.2) is 9.69 Å². The molecule has 2 aromatic heterocycles. The SMILES string of the molecule is CCN1C(=O)C(=O)N(C[NH+]2CCc3sccc3[C@H]2c2cccs2)C1=O. The second-order valence-electron chi connectivity index (χ2n) is 6.13. The summed E-state index contributed by atoms with van der Waals surface area (Å²) in [5.74, 6) is -1.42. The third-order valence-corrected chi connectivity index (χ3v) is 6.75. The van der Waals surface area contributed by atoms with Crippen molar-refractivity contribution >= 4 is 40.5 Å². The van der Waals surface area contributed by atoms with Gasteiger partial charge in [-0.3, -0.25) is 14.5 Å². The second kappa shape index (κ2) is 6.36. The molecule has 0 aliphatic carbocycles. The quantitative estimate of drug-likeness (QED) is 0.642. The number of rotatable bonds is 4. The Hall–Kier alpha value is -2.03. The Balaban J connectivity index is 1.65. The maximum atomic E-state index is 12.4. The van der Waals surface area contributed by atoms with Crippen LogP contribution in [0.2, 0.25) is 0 Å². The summed E-state index contributed by atoms with van der Waals surface area (Å²) in [6, 6.07) is 5.86. The molecule has 25 heavy (non-hydrogen) atoms. The predicted molar refractivity (Wildman–Crippen MR) is 94.5 cm³/mol. The lowest BCUT2D eigenvalue weighted by Gasteiger charge is -2.33. The molecule has 4 amide bonds. The molecule has 6 nitrogen and oxygen atoms in total. The van der Waals surface area contributed by atoms with Crippen LogP contribution >= 0.6 is 22.7 Å². The summed E-state index contributed by atoms with van der Waals surface area (Å²) in [6.45, 7) is 2.97. The zero-order valence-corrected chi connectivity index (χ0v) is 15.4. The van der Waals surface area contributed by atoms with Crippen LogP contribution in [0, 0.1) is 0 Å². The maximum Gasteiger partial charge on any atom is 0.338 e. The van der Waals surface area contributed by atoms with Crippen molar-refractivity contribution < 1.29 is 19.3 Å². The minimum Gasteiger partial charge on any atom is -0.306 e. The van der Waals surface area contributed by atoms with Crippen LogP contribution in [0.5, 0.6) is 0 Å². The highest BCUT2D eigenvalue weighted by Gasteiger charge is 2.47. The standard InChI is InChI=1S/C17H17N3O3S2/c1-2-19-15(21)16(22)20(17(19)23)10-18-7-5-12-11(6-9-25-12)14(18)13-4-3-8-24-13/h3-4,6,8-9,14H,2,5,7,10H2,1H3/p+1/t14-/m0/s1. The van der Waals surface area contributed by atoms with E-state index < -0.39 is 17.8 Å². The van der Waals surface area contributed by atoms with Gasteiger partial charge in [-0.1, -0.05) is 6.07 Å². The van der Waals surface area contributed by atoms with Crippen LogP contribution < -0.4 is 4.90 Å². The van der Waals surface area contributed by atoms with Crippen molar-refractivity contribution in [3.8, 4) is 0 Å². The maximum absolute atomic E-state index is 12.4. The van der Waals surface area contributed by atoms with Crippen LogP contribution in [0.4, 0.5) is 4.79 Å². The molecule has 1 unspecified atom stereocenters. The number of hydrogen-bond acceptors (Lipinski definition) is 5. The molecule has 1 N–H and O–H groups in total. The number of thiophene rings is 2. The lowest BCUT2D eigenvalue weighted by Crippen LogP contribution is -3.15. The molecule has 0 aromatic carbocycles. The number of nitrogens with zero attached hydrogens (tertiary/aromatic N) is 2. The molecule has 0 spiro atoms. The first-order valence-corrected chi connectivity index (χ1v) is 9.99. The van der Waals surface area contributed by atoms with E-state index >= 15 is 0 Å². The summed E-state index contributed by atoms with van der Waals surface area (Å²) in [6.07, 6.45) is 0.922. The number of likely N-dealkylation sites (N-methyl/N-ethyl adjacent to an activating group) is 1. The number of imide groups is 2. The van der Waals surface area contributed by atoms with E-state index in [2.05, 4.69) is 17.5 Å². The Bertz CT molecular complexity index is 830. The molecule has 130 valence electrons. The van der Waals surface area contributed by atoms with Crippen LogP contribution in [0.15, 0.2) is 29.0 Å². The molecule has 4 heterocycles. The van der Waals surface area contributed by atoms with E-state index in [0.29, 0.717) is 0 Å². The van der Waals surface area contributed by atoms with Gasteiger partial charge in [-0.2, -0.15) is 0 Å². The summed E-state index contributed by atoms with van der Waals surface area (Å²) in [5, 5.41) is 4.14. The van der Waals surface area contributed by atoms with E-state index in [4.69, 9.17) is 0 Å². The summed E-state index contributed by atoms with van der Waals surface area (Å²) >= 11 is 3.44. The normalized spacial score (nSPS) is 23.5. The van der Waals surface area contributed by atoms with Crippen LogP contribution in [0.3, 0.4) is 0 Å². The van der Waals surface area contributed by atoms with Crippen molar-refractivity contribution in [3.05, 3.63) is 44.3 Å². The molecular formula is C17H18N3O3S2+. The first-order chi connectivity index (χ1) is 12.1. The number of urea groups is 1. The first-order valence-electron chi connectivity index (χ1n) is 8.23. The fourth-order valence-corrected chi connectivity index (χ4v) is 5.42. The molecule has 1 saturated heterocycles. The van der Waals surface area contributed by atoms with Crippen molar-refractivity contribution in [3.63, 3.8) is 0 Å². The average Bonchev–Trinajstić information content (AvgIpc) is 3.33. The third-order valence-electron chi connectivity index (χ3n) is 4.81. The predicted octanol–water partition coefficient (Wildman–Crippen LogP) is 1.11. The molecule has 8 heteroatoms. The molecule has 0 bridgehead atoms. The molecule has 2 aliphatic heterocycles. The van der Waals surface area contributed by atoms with Crippen LogP contribution in [0.1, 0.15) is 28.3 Å². The Kier molecular flexibility index (Phi) is 4.18. The zero-order valence-electron chi connectivity index (χ0n) is 13.7. The Labute approximate surface area is 153 Å². The van der Waals surface area contributed by atoms with Gasteiger partial charge in [0.05, 0.1) is 11.4 Å². The zero-order chi connectivity index (χ0) is 17.6. The Morgan fingerprint density at radius 2 is 1.92 bits per heavy atom. The topological polar surface area (TPSA) is 62.1 Å². The summed E-state index contributed by atoms with van der Waals surface area (Å²) in [4.78, 5) is 42.5. The van der Waals surface area contributed by atoms with Gasteiger partial charge >= 0.3 is 17.8 Å². The fourth-order valence-electron chi connectivity index (χ4n) is 3.60. The minimum atomic E-state index is -0.715. The smallest absolute Gasteiger partial charge is 0.306 e. The highest BCUT2D eigenvalue weighted by molar-refractivity contribution is 7.10. The third kappa shape index (κ3) is 2.61. The first kappa shape index (κ1) is 16.4. The van der Waals surface area contributed by atoms with Crippen molar-refractivity contribution in [2.45, 2.75) is 19.4 Å². The van der Waals surface area contributed by atoms with E-state index in [9.17, 15) is 14.4 Å². The largest absolute Gasteiger partial charge is 0.338 e. The monoisotopic (exact) mass is 376 g/mol. The summed E-state index contributed by atoms with van der Waals surface area (Å²) in [7, 11) is 0. The van der Waals surface area contributed by atoms with Crippen LogP contribution in [-0.4, -0.2) is 47.4 Å². The van der Waals surface area contributed by atoms with E-state index in [1.165, 1.54) is 15.3 Å². The number of nitrogens with one attached hydrogen (secondary N) is 1. The van der Waals surface area contributed by atoms with Crippen molar-refractivity contribution in [2.75, 3.05) is 19.8 Å². The molecule has 2 aromatic rings. The molecule has 0 saturated carbocycles. The number of carbonyl (C=O) groups excluding carboxylic acids is 3. The molecule has 2 atom stereocenters. The number of fused-ring (bicyclic) bond motifs is 1. The van der Waals surface area contributed by atoms with Gasteiger partial charge in [0.15, 0.2) is 12.7 Å². The van der Waals surface area contributed by atoms with Gasteiger partial charge in [0.2, 0.25) is 0 Å². The van der Waals surface area contributed by atoms with Gasteiger partial charge < -0.3 is 4.90 Å². The molecule has 2 aliphatic rings. The number of hydrogen-bond donors (Lipinski definition) is 1. The number of amides is 4. The Morgan fingerprint density at radius 3 is 2.60 bits per heavy atom. The van der Waals surface area contributed by atoms with E-state index in [-0.39, 0.29) is 19.3 Å². The summed E-state index contributed by atoms with van der Waals surface area (Å²) < 4.78 is 0. The van der Waals surface area contributed by atoms with E-state index in [1.54, 1.807) is 29.6 Å². The lowest BCUT2D eigenvalue weighted by molar-refractivity contribution is -0.934. The molecular weight excluding hydrogens is 358 g/mol. The molecule has 1 fully saturated rings. The van der Waals surface area contributed by atoms with Crippen LogP contribution in [0.25, 0.3) is 0 Å². The van der Waals surface area contributed by atoms with Crippen LogP contribution in [-0.2, 0) is 16.0 Å². The molecule has 4 rings (SSSR count). The van der Waals surface area contributed by atoms with Crippen molar-refractivity contribution in [1.29, 1.82) is 0 Å². The highest BCUT2D eigenvalue weighted by atomic mass is 32.1. The number of quaternary nitrogens is 1. The minimum absolute atomic E-state index is 0.0985. The lowest BCUT2D eigenvalue weighted by atomic mass is 9.99. The van der Waals surface area contributed by atoms with Gasteiger partial charge in [0.1, 0.15) is 0 Å². The Morgan fingerprint density at radius 1 is 1.12 bits per heavy atom.